The van der Waals surface area contributed by atoms with Crippen molar-refractivity contribution in [1.29, 1.82) is 0 Å². The Morgan fingerprint density at radius 3 is 2.55 bits per heavy atom. The molecule has 4 rings (SSSR count). The predicted octanol–water partition coefficient (Wildman–Crippen LogP) is 3.92. The van der Waals surface area contributed by atoms with Gasteiger partial charge in [-0.3, -0.25) is 14.6 Å². The van der Waals surface area contributed by atoms with Crippen molar-refractivity contribution in [1.82, 2.24) is 19.9 Å². The lowest BCUT2D eigenvalue weighted by Crippen LogP contribution is -2.33. The molecule has 0 radical (unpaired) electrons. The van der Waals surface area contributed by atoms with Gasteiger partial charge >= 0.3 is 0 Å². The van der Waals surface area contributed by atoms with Crippen LogP contribution in [0.15, 0.2) is 65.8 Å². The number of aromatic amines is 1. The van der Waals surface area contributed by atoms with E-state index in [1.54, 1.807) is 12.1 Å². The summed E-state index contributed by atoms with van der Waals surface area (Å²) in [6.45, 7) is 4.21. The van der Waals surface area contributed by atoms with Crippen molar-refractivity contribution in [2.24, 2.45) is 0 Å². The molecule has 0 aliphatic carbocycles. The molecule has 0 unspecified atom stereocenters. The summed E-state index contributed by atoms with van der Waals surface area (Å²) in [5, 5.41) is 0.904. The molecule has 6 nitrogen and oxygen atoms in total. The normalized spacial score (nSPS) is 10.9. The van der Waals surface area contributed by atoms with E-state index in [1.165, 1.54) is 35.6 Å². The monoisotopic (exact) mass is 416 g/mol. The van der Waals surface area contributed by atoms with Gasteiger partial charge in [0.2, 0.25) is 0 Å². The molecule has 0 fully saturated rings. The van der Waals surface area contributed by atoms with Crippen molar-refractivity contribution >= 4 is 16.8 Å². The summed E-state index contributed by atoms with van der Waals surface area (Å²) in [5.41, 5.74) is 3.97. The van der Waals surface area contributed by atoms with Crippen molar-refractivity contribution in [2.45, 2.75) is 26.9 Å². The van der Waals surface area contributed by atoms with Gasteiger partial charge in [0.25, 0.3) is 11.5 Å². The molecular weight excluding hydrogens is 395 g/mol. The van der Waals surface area contributed by atoms with Crippen LogP contribution in [0.4, 0.5) is 4.39 Å². The second-order valence-corrected chi connectivity index (χ2v) is 7.55. The van der Waals surface area contributed by atoms with Crippen LogP contribution in [0, 0.1) is 19.7 Å². The van der Waals surface area contributed by atoms with Crippen LogP contribution >= 0.6 is 0 Å². The Kier molecular flexibility index (Phi) is 5.58. The minimum Gasteiger partial charge on any atom is -0.328 e. The summed E-state index contributed by atoms with van der Waals surface area (Å²) in [6.07, 6.45) is 4.31. The van der Waals surface area contributed by atoms with Gasteiger partial charge < -0.3 is 9.88 Å². The van der Waals surface area contributed by atoms with Crippen LogP contribution < -0.4 is 5.56 Å². The average Bonchev–Trinajstić information content (AvgIpc) is 2.76. The molecule has 31 heavy (non-hydrogen) atoms. The summed E-state index contributed by atoms with van der Waals surface area (Å²) in [7, 11) is 0. The number of carbonyl (C=O) groups excluding carboxylic acids is 1. The van der Waals surface area contributed by atoms with E-state index in [2.05, 4.69) is 15.0 Å². The molecule has 0 saturated carbocycles. The first-order valence-corrected chi connectivity index (χ1v) is 9.83. The van der Waals surface area contributed by atoms with E-state index in [1.807, 2.05) is 32.0 Å². The number of pyridine rings is 1. The Morgan fingerprint density at radius 1 is 1.06 bits per heavy atom. The molecule has 0 bridgehead atoms. The minimum atomic E-state index is -0.364. The van der Waals surface area contributed by atoms with Gasteiger partial charge in [-0.2, -0.15) is 0 Å². The molecule has 1 N–H and O–H groups in total. The smallest absolute Gasteiger partial charge is 0.274 e. The summed E-state index contributed by atoms with van der Waals surface area (Å²) >= 11 is 0. The van der Waals surface area contributed by atoms with Gasteiger partial charge in [0.15, 0.2) is 0 Å². The largest absolute Gasteiger partial charge is 0.328 e. The van der Waals surface area contributed by atoms with Gasteiger partial charge in [-0.25, -0.2) is 9.37 Å². The molecule has 0 spiro atoms. The van der Waals surface area contributed by atoms with Gasteiger partial charge in [0, 0.05) is 24.5 Å². The number of aryl methyl sites for hydroxylation is 2. The first-order chi connectivity index (χ1) is 14.9. The van der Waals surface area contributed by atoms with Crippen LogP contribution in [0.5, 0.6) is 0 Å². The quantitative estimate of drug-likeness (QED) is 0.535. The van der Waals surface area contributed by atoms with E-state index in [-0.39, 0.29) is 36.1 Å². The number of benzene rings is 2. The highest BCUT2D eigenvalue weighted by molar-refractivity contribution is 5.92. The number of amides is 1. The number of H-pyrrole nitrogens is 1. The number of nitrogens with zero attached hydrogens (tertiary/aromatic N) is 3. The molecule has 0 saturated heterocycles. The fourth-order valence-electron chi connectivity index (χ4n) is 3.64. The number of hydrogen-bond acceptors (Lipinski definition) is 4. The highest BCUT2D eigenvalue weighted by atomic mass is 19.1. The molecule has 4 aromatic rings. The Hall–Kier alpha value is -3.87. The highest BCUT2D eigenvalue weighted by Crippen LogP contribution is 2.19. The Labute approximate surface area is 178 Å². The van der Waals surface area contributed by atoms with Crippen LogP contribution in [0.1, 0.15) is 32.7 Å². The first kappa shape index (κ1) is 20.4. The van der Waals surface area contributed by atoms with Crippen molar-refractivity contribution in [3.8, 4) is 0 Å². The second kappa shape index (κ2) is 8.47. The van der Waals surface area contributed by atoms with Crippen LogP contribution in [0.25, 0.3) is 10.9 Å². The van der Waals surface area contributed by atoms with Crippen molar-refractivity contribution in [3.63, 3.8) is 0 Å². The lowest BCUT2D eigenvalue weighted by atomic mass is 10.0. The minimum absolute atomic E-state index is 0.0745. The number of aromatic nitrogens is 3. The molecule has 0 aliphatic heterocycles. The molecule has 2 heterocycles. The summed E-state index contributed by atoms with van der Waals surface area (Å²) in [5.74, 6) is -0.718. The number of nitrogens with one attached hydrogen (secondary N) is 1. The summed E-state index contributed by atoms with van der Waals surface area (Å²) in [6, 6.07) is 11.7. The van der Waals surface area contributed by atoms with Crippen molar-refractivity contribution < 1.29 is 9.18 Å². The van der Waals surface area contributed by atoms with Gasteiger partial charge in [0.05, 0.1) is 18.3 Å². The third kappa shape index (κ3) is 4.50. The fraction of sp³-hybridized carbons (Fsp3) is 0.167. The number of rotatable bonds is 5. The lowest BCUT2D eigenvalue weighted by molar-refractivity contribution is 0.0723. The third-order valence-electron chi connectivity index (χ3n) is 5.09. The molecule has 0 atom stereocenters. The van der Waals surface area contributed by atoms with E-state index >= 15 is 0 Å². The molecule has 2 aromatic carbocycles. The molecule has 1 amide bonds. The molecular formula is C24H21FN4O2. The highest BCUT2D eigenvalue weighted by Gasteiger charge is 2.20. The van der Waals surface area contributed by atoms with Crippen molar-refractivity contribution in [2.75, 3.05) is 0 Å². The van der Waals surface area contributed by atoms with E-state index in [0.717, 1.165) is 27.6 Å². The van der Waals surface area contributed by atoms with E-state index < -0.39 is 0 Å². The maximum Gasteiger partial charge on any atom is 0.274 e. The number of carbonyl (C=O) groups is 1. The third-order valence-corrected chi connectivity index (χ3v) is 5.09. The maximum absolute atomic E-state index is 13.3. The number of hydrogen-bond donors (Lipinski definition) is 1. The van der Waals surface area contributed by atoms with Gasteiger partial charge in [-0.15, -0.1) is 0 Å². The molecule has 156 valence electrons. The summed E-state index contributed by atoms with van der Waals surface area (Å²) in [4.78, 5) is 38.4. The molecule has 0 aliphatic rings. The van der Waals surface area contributed by atoms with Gasteiger partial charge in [-0.1, -0.05) is 23.8 Å². The van der Waals surface area contributed by atoms with Crippen LogP contribution in [0.3, 0.4) is 0 Å². The van der Waals surface area contributed by atoms with Crippen LogP contribution in [-0.4, -0.2) is 25.8 Å². The summed E-state index contributed by atoms with van der Waals surface area (Å²) < 4.78 is 13.3. The van der Waals surface area contributed by atoms with E-state index in [9.17, 15) is 14.0 Å². The maximum atomic E-state index is 13.3. The zero-order valence-corrected chi connectivity index (χ0v) is 17.2. The lowest BCUT2D eigenvalue weighted by Gasteiger charge is -2.22. The number of halogens is 1. The van der Waals surface area contributed by atoms with Crippen LogP contribution in [-0.2, 0) is 13.1 Å². The predicted molar refractivity (Wildman–Crippen MR) is 116 cm³/mol. The van der Waals surface area contributed by atoms with Gasteiger partial charge in [0.1, 0.15) is 11.5 Å². The van der Waals surface area contributed by atoms with E-state index in [4.69, 9.17) is 0 Å². The zero-order chi connectivity index (χ0) is 22.0. The Bertz CT molecular complexity index is 1300. The number of fused-ring (bicyclic) bond motifs is 1. The average molecular weight is 416 g/mol. The van der Waals surface area contributed by atoms with Gasteiger partial charge in [-0.05, 0) is 54.6 Å². The van der Waals surface area contributed by atoms with Crippen LogP contribution in [0.2, 0.25) is 0 Å². The zero-order valence-electron chi connectivity index (χ0n) is 17.2. The SMILES string of the molecule is Cc1cc(C)c2[nH]c(=O)c(CN(Cc3ccc(F)cc3)C(=O)c3cnccn3)cc2c1. The first-order valence-electron chi connectivity index (χ1n) is 9.83. The topological polar surface area (TPSA) is 79.0 Å². The Morgan fingerprint density at radius 2 is 1.84 bits per heavy atom. The fourth-order valence-corrected chi connectivity index (χ4v) is 3.64. The standard InChI is InChI=1S/C24H21FN4O2/c1-15-9-16(2)22-18(10-15)11-19(23(30)28-22)14-29(13-17-3-5-20(25)6-4-17)24(31)21-12-26-7-8-27-21/h3-12H,13-14H2,1-2H3,(H,28,30). The second-order valence-electron chi connectivity index (χ2n) is 7.55. The Balaban J connectivity index is 1.73. The molecule has 2 aromatic heterocycles. The molecule has 7 heteroatoms. The van der Waals surface area contributed by atoms with E-state index in [0.29, 0.717) is 5.56 Å². The van der Waals surface area contributed by atoms with Crippen molar-refractivity contribution in [3.05, 3.63) is 105 Å².